The lowest BCUT2D eigenvalue weighted by Crippen LogP contribution is -2.54. The molecule has 33 heavy (non-hydrogen) atoms. The van der Waals surface area contributed by atoms with Crippen molar-refractivity contribution in [2.24, 2.45) is 0 Å². The molecule has 0 radical (unpaired) electrons. The van der Waals surface area contributed by atoms with E-state index in [-0.39, 0.29) is 18.1 Å². The first-order valence-electron chi connectivity index (χ1n) is 10.7. The Labute approximate surface area is 196 Å². The molecule has 1 unspecified atom stereocenters. The third kappa shape index (κ3) is 4.35. The molecular formula is C24H24ClNO7. The number of nitrogens with zero attached hydrogens (tertiary/aromatic N) is 1. The second-order valence-corrected chi connectivity index (χ2v) is 8.36. The molecule has 2 aromatic rings. The number of benzene rings is 2. The number of hydrogen-bond donors (Lipinski definition) is 0. The van der Waals surface area contributed by atoms with Crippen LogP contribution in [0.1, 0.15) is 48.5 Å². The van der Waals surface area contributed by atoms with Gasteiger partial charge in [-0.05, 0) is 43.5 Å². The van der Waals surface area contributed by atoms with Crippen molar-refractivity contribution >= 4 is 29.4 Å². The lowest BCUT2D eigenvalue weighted by atomic mass is 9.74. The summed E-state index contributed by atoms with van der Waals surface area (Å²) in [7, 11) is 1.50. The van der Waals surface area contributed by atoms with Crippen LogP contribution in [0.5, 0.6) is 11.5 Å². The molecule has 8 nitrogen and oxygen atoms in total. The Balaban J connectivity index is 1.48. The summed E-state index contributed by atoms with van der Waals surface area (Å²) in [5, 5.41) is 0.398. The van der Waals surface area contributed by atoms with Crippen LogP contribution in [0, 0.1) is 0 Å². The molecule has 174 valence electrons. The number of likely N-dealkylation sites (N-methyl/N-ethyl adjacent to an activating group) is 1. The van der Waals surface area contributed by atoms with E-state index in [1.165, 1.54) is 31.0 Å². The number of ether oxygens (including phenoxy) is 4. The first kappa shape index (κ1) is 22.9. The number of ketones is 1. The lowest BCUT2D eigenvalue weighted by molar-refractivity contribution is -0.135. The van der Waals surface area contributed by atoms with Gasteiger partial charge in [-0.1, -0.05) is 29.8 Å². The van der Waals surface area contributed by atoms with E-state index < -0.39 is 23.9 Å². The summed E-state index contributed by atoms with van der Waals surface area (Å²) in [6, 6.07) is 11.6. The highest BCUT2D eigenvalue weighted by molar-refractivity contribution is 6.31. The summed E-state index contributed by atoms with van der Waals surface area (Å²) in [6.45, 7) is 1.52. The molecule has 1 amide bonds. The zero-order chi connectivity index (χ0) is 23.6. The zero-order valence-corrected chi connectivity index (χ0v) is 19.1. The van der Waals surface area contributed by atoms with Crippen molar-refractivity contribution in [3.8, 4) is 11.5 Å². The van der Waals surface area contributed by atoms with Crippen molar-refractivity contribution in [2.45, 2.75) is 44.4 Å². The smallest absolute Gasteiger partial charge is 0.413 e. The van der Waals surface area contributed by atoms with Gasteiger partial charge in [0.2, 0.25) is 13.1 Å². The monoisotopic (exact) mass is 473 g/mol. The van der Waals surface area contributed by atoms with Gasteiger partial charge in [0.15, 0.2) is 17.3 Å². The molecule has 2 aromatic carbocycles. The predicted octanol–water partition coefficient (Wildman–Crippen LogP) is 4.68. The number of halogens is 1. The van der Waals surface area contributed by atoms with E-state index in [0.717, 1.165) is 12.8 Å². The maximum atomic E-state index is 13.1. The van der Waals surface area contributed by atoms with Gasteiger partial charge < -0.3 is 18.9 Å². The molecule has 2 aliphatic rings. The highest BCUT2D eigenvalue weighted by atomic mass is 35.5. The van der Waals surface area contributed by atoms with E-state index in [9.17, 15) is 14.4 Å². The summed E-state index contributed by atoms with van der Waals surface area (Å²) < 4.78 is 21.1. The summed E-state index contributed by atoms with van der Waals surface area (Å²) in [5.41, 5.74) is -0.458. The van der Waals surface area contributed by atoms with E-state index >= 15 is 0 Å². The van der Waals surface area contributed by atoms with Gasteiger partial charge in [0.05, 0.1) is 5.56 Å². The van der Waals surface area contributed by atoms with Gasteiger partial charge in [0.25, 0.3) is 0 Å². The molecule has 0 aromatic heterocycles. The summed E-state index contributed by atoms with van der Waals surface area (Å²) in [4.78, 5) is 39.9. The average Bonchev–Trinajstić information content (AvgIpc) is 3.27. The van der Waals surface area contributed by atoms with Crippen LogP contribution in [-0.2, 0) is 19.8 Å². The molecule has 1 fully saturated rings. The molecule has 1 heterocycles. The molecule has 1 aliphatic carbocycles. The van der Waals surface area contributed by atoms with Crippen molar-refractivity contribution in [3.63, 3.8) is 0 Å². The van der Waals surface area contributed by atoms with E-state index in [4.69, 9.17) is 30.5 Å². The first-order valence-corrected chi connectivity index (χ1v) is 11.0. The number of esters is 1. The Kier molecular flexibility index (Phi) is 6.47. The van der Waals surface area contributed by atoms with Gasteiger partial charge >= 0.3 is 12.1 Å². The highest BCUT2D eigenvalue weighted by Gasteiger charge is 2.48. The Morgan fingerprint density at radius 3 is 2.61 bits per heavy atom. The molecule has 0 saturated heterocycles. The third-order valence-corrected chi connectivity index (χ3v) is 6.30. The van der Waals surface area contributed by atoms with Crippen LogP contribution >= 0.6 is 11.6 Å². The maximum absolute atomic E-state index is 13.1. The molecule has 9 heteroatoms. The van der Waals surface area contributed by atoms with E-state index in [1.807, 2.05) is 0 Å². The first-order chi connectivity index (χ1) is 15.8. The fourth-order valence-electron chi connectivity index (χ4n) is 4.27. The minimum absolute atomic E-state index is 0.0834. The summed E-state index contributed by atoms with van der Waals surface area (Å²) >= 11 is 6.42. The van der Waals surface area contributed by atoms with Crippen molar-refractivity contribution in [1.82, 2.24) is 4.90 Å². The van der Waals surface area contributed by atoms with Crippen LogP contribution in [0.4, 0.5) is 4.79 Å². The van der Waals surface area contributed by atoms with Crippen molar-refractivity contribution in [3.05, 3.63) is 58.6 Å². The fraction of sp³-hybridized carbons (Fsp3) is 0.375. The van der Waals surface area contributed by atoms with Crippen molar-refractivity contribution < 1.29 is 33.3 Å². The largest absolute Gasteiger partial charge is 0.454 e. The summed E-state index contributed by atoms with van der Waals surface area (Å²) in [5.74, 6) is 0.179. The second-order valence-electron chi connectivity index (χ2n) is 7.95. The van der Waals surface area contributed by atoms with Gasteiger partial charge in [0, 0.05) is 31.0 Å². The molecule has 4 rings (SSSR count). The molecule has 1 aliphatic heterocycles. The van der Waals surface area contributed by atoms with E-state index in [0.29, 0.717) is 34.9 Å². The van der Waals surface area contributed by atoms with Crippen molar-refractivity contribution in [1.29, 1.82) is 0 Å². The Bertz CT molecular complexity index is 1090. The lowest BCUT2D eigenvalue weighted by Gasteiger charge is -2.43. The number of amides is 1. The maximum Gasteiger partial charge on any atom is 0.413 e. The number of fused-ring (bicyclic) bond motifs is 1. The van der Waals surface area contributed by atoms with Crippen LogP contribution in [0.25, 0.3) is 0 Å². The van der Waals surface area contributed by atoms with Crippen LogP contribution in [0.2, 0.25) is 5.02 Å². The number of carbonyl (C=O) groups excluding carboxylic acids is 3. The van der Waals surface area contributed by atoms with Gasteiger partial charge in [0.1, 0.15) is 5.54 Å². The second kappa shape index (κ2) is 9.31. The number of hydrogen-bond acceptors (Lipinski definition) is 7. The number of carbonyl (C=O) groups is 3. The minimum atomic E-state index is -1.24. The normalized spacial score (nSPS) is 20.2. The van der Waals surface area contributed by atoms with Gasteiger partial charge in [-0.25, -0.2) is 9.59 Å². The Morgan fingerprint density at radius 1 is 1.09 bits per heavy atom. The topological polar surface area (TPSA) is 91.4 Å². The molecular weight excluding hydrogens is 450 g/mol. The standard InChI is InChI=1S/C24H24ClNO7/c1-15(32-22(28)16-10-11-19-20(13-16)31-14-30-19)33-23(29)26(2)24(12-6-5-9-21(24)27)17-7-3-4-8-18(17)25/h3-4,7-8,10-11,13,15H,5-6,9,12,14H2,1-2H3/t15?,24-/m0/s1. The van der Waals surface area contributed by atoms with Crippen LogP contribution in [-0.4, -0.2) is 42.9 Å². The quantitative estimate of drug-likeness (QED) is 0.460. The van der Waals surface area contributed by atoms with Crippen molar-refractivity contribution in [2.75, 3.05) is 13.8 Å². The van der Waals surface area contributed by atoms with Crippen LogP contribution in [0.3, 0.4) is 0 Å². The number of rotatable bonds is 5. The molecule has 2 atom stereocenters. The van der Waals surface area contributed by atoms with Crippen LogP contribution in [0.15, 0.2) is 42.5 Å². The third-order valence-electron chi connectivity index (χ3n) is 5.97. The molecule has 0 spiro atoms. The highest BCUT2D eigenvalue weighted by Crippen LogP contribution is 2.42. The Morgan fingerprint density at radius 2 is 1.85 bits per heavy atom. The average molecular weight is 474 g/mol. The Hall–Kier alpha value is -3.26. The molecule has 1 saturated carbocycles. The molecule has 0 bridgehead atoms. The zero-order valence-electron chi connectivity index (χ0n) is 18.3. The fourth-order valence-corrected chi connectivity index (χ4v) is 4.56. The van der Waals surface area contributed by atoms with Crippen LogP contribution < -0.4 is 9.47 Å². The van der Waals surface area contributed by atoms with E-state index in [2.05, 4.69) is 0 Å². The van der Waals surface area contributed by atoms with Gasteiger partial charge in [-0.2, -0.15) is 0 Å². The van der Waals surface area contributed by atoms with E-state index in [1.54, 1.807) is 30.3 Å². The molecule has 0 N–H and O–H groups in total. The van der Waals surface area contributed by atoms with Gasteiger partial charge in [-0.15, -0.1) is 0 Å². The minimum Gasteiger partial charge on any atom is -0.454 e. The predicted molar refractivity (Wildman–Crippen MR) is 118 cm³/mol. The SMILES string of the molecule is CC(OC(=O)c1ccc2c(c1)OCO2)OC(=O)N(C)[C@]1(c2ccccc2Cl)CCCCC1=O. The number of Topliss-reactive ketones (excluding diaryl/α,β-unsaturated/α-hetero) is 1. The van der Waals surface area contributed by atoms with Gasteiger partial charge in [-0.3, -0.25) is 9.69 Å². The summed E-state index contributed by atoms with van der Waals surface area (Å²) in [6.07, 6.45) is 0.265.